The molecule has 4 nitrogen and oxygen atoms in total. The third kappa shape index (κ3) is 5.90. The van der Waals surface area contributed by atoms with Crippen LogP contribution in [0, 0.1) is 11.8 Å². The fourth-order valence-electron chi connectivity index (χ4n) is 10.3. The molecule has 1 saturated heterocycles. The van der Waals surface area contributed by atoms with Crippen LogP contribution in [0.2, 0.25) is 10.1 Å². The van der Waals surface area contributed by atoms with Crippen molar-refractivity contribution in [3.63, 3.8) is 0 Å². The quantitative estimate of drug-likeness (QED) is 0.171. The van der Waals surface area contributed by atoms with Crippen LogP contribution in [0.1, 0.15) is 67.7 Å². The van der Waals surface area contributed by atoms with Gasteiger partial charge in [-0.3, -0.25) is 0 Å². The van der Waals surface area contributed by atoms with Gasteiger partial charge in [0.05, 0.1) is 23.9 Å². The molecule has 0 spiro atoms. The first-order valence-corrected chi connectivity index (χ1v) is 23.7. The summed E-state index contributed by atoms with van der Waals surface area (Å²) in [5, 5.41) is 22.1. The van der Waals surface area contributed by atoms with Crippen LogP contribution in [0.15, 0.2) is 131 Å². The Bertz CT molecular complexity index is 1800. The van der Waals surface area contributed by atoms with Gasteiger partial charge in [-0.2, -0.15) is 0 Å². The normalized spacial score (nSPS) is 26.7. The minimum atomic E-state index is -3.03. The maximum Gasteiger partial charge on any atom is 0.261 e. The summed E-state index contributed by atoms with van der Waals surface area (Å²) in [5.74, 6) is -0.228. The molecule has 0 amide bonds. The van der Waals surface area contributed by atoms with Crippen LogP contribution >= 0.6 is 15.9 Å². The predicted octanol–water partition coefficient (Wildman–Crippen LogP) is 7.68. The van der Waals surface area contributed by atoms with E-state index in [0.29, 0.717) is 13.0 Å². The van der Waals surface area contributed by atoms with E-state index in [1.807, 2.05) is 0 Å². The first-order chi connectivity index (χ1) is 24.7. The second kappa shape index (κ2) is 13.9. The smallest absolute Gasteiger partial charge is 0.261 e. The Kier molecular flexibility index (Phi) is 10.1. The van der Waals surface area contributed by atoms with E-state index in [2.05, 4.69) is 191 Å². The highest BCUT2D eigenvalue weighted by molar-refractivity contribution is 9.11. The van der Waals surface area contributed by atoms with Gasteiger partial charge in [-0.15, -0.1) is 0 Å². The van der Waals surface area contributed by atoms with Gasteiger partial charge in [0.2, 0.25) is 0 Å². The molecule has 1 heterocycles. The van der Waals surface area contributed by atoms with Crippen LogP contribution in [0.4, 0.5) is 0 Å². The molecule has 1 aliphatic heterocycles. The van der Waals surface area contributed by atoms with E-state index in [1.54, 1.807) is 0 Å². The van der Waals surface area contributed by atoms with Crippen LogP contribution in [0.25, 0.3) is 0 Å². The molecule has 4 aromatic rings. The number of hydrogen-bond acceptors (Lipinski definition) is 4. The Morgan fingerprint density at radius 3 is 1.56 bits per heavy atom. The lowest BCUT2D eigenvalue weighted by atomic mass is 9.52. The van der Waals surface area contributed by atoms with Gasteiger partial charge in [0.1, 0.15) is 0 Å². The number of benzene rings is 4. The zero-order chi connectivity index (χ0) is 37.0. The zero-order valence-corrected chi connectivity index (χ0v) is 35.5. The van der Waals surface area contributed by atoms with Crippen molar-refractivity contribution in [3.05, 3.63) is 131 Å². The maximum absolute atomic E-state index is 13.3. The van der Waals surface area contributed by atoms with Crippen molar-refractivity contribution in [2.45, 2.75) is 95.0 Å². The molecule has 4 bridgehead atoms. The minimum absolute atomic E-state index is 0.114. The topological polar surface area (TPSA) is 50.7 Å². The summed E-state index contributed by atoms with van der Waals surface area (Å²) in [6, 6.07) is 43.7. The number of nitrogens with one attached hydrogen (secondary N) is 1. The third-order valence-electron chi connectivity index (χ3n) is 12.6. The van der Waals surface area contributed by atoms with Gasteiger partial charge in [0, 0.05) is 16.3 Å². The Morgan fingerprint density at radius 1 is 0.712 bits per heavy atom. The summed E-state index contributed by atoms with van der Waals surface area (Å²) in [4.78, 5) is 0. The van der Waals surface area contributed by atoms with E-state index in [0.717, 1.165) is 23.9 Å². The summed E-state index contributed by atoms with van der Waals surface area (Å²) >= 11 is 4.08. The maximum atomic E-state index is 13.3. The molecule has 5 atom stereocenters. The van der Waals surface area contributed by atoms with Gasteiger partial charge in [0.25, 0.3) is 16.6 Å². The monoisotopic (exact) mass is 793 g/mol. The highest BCUT2D eigenvalue weighted by Gasteiger charge is 2.68. The summed E-state index contributed by atoms with van der Waals surface area (Å²) < 4.78 is 17.0. The van der Waals surface area contributed by atoms with E-state index in [4.69, 9.17) is 8.85 Å². The van der Waals surface area contributed by atoms with Crippen LogP contribution < -0.4 is 26.1 Å². The Balaban J connectivity index is 1.41. The van der Waals surface area contributed by atoms with E-state index < -0.39 is 33.9 Å². The van der Waals surface area contributed by atoms with Crippen molar-refractivity contribution in [1.29, 1.82) is 0 Å². The van der Waals surface area contributed by atoms with Crippen molar-refractivity contribution in [3.8, 4) is 0 Å². The van der Waals surface area contributed by atoms with Crippen molar-refractivity contribution < 1.29 is 14.0 Å². The van der Waals surface area contributed by atoms with Gasteiger partial charge in [-0.05, 0) is 63.6 Å². The molecular formula is C45H56BrNO3Si2. The van der Waals surface area contributed by atoms with Gasteiger partial charge in [-0.1, -0.05) is 184 Å². The van der Waals surface area contributed by atoms with Gasteiger partial charge in [0.15, 0.2) is 0 Å². The molecule has 1 saturated carbocycles. The number of aliphatic hydroxyl groups is 1. The largest absolute Gasteiger partial charge is 0.406 e. The first kappa shape index (κ1) is 37.7. The first-order valence-electron chi connectivity index (χ1n) is 19.1. The number of hydrogen-bond donors (Lipinski definition) is 2. The van der Waals surface area contributed by atoms with Gasteiger partial charge >= 0.3 is 0 Å². The lowest BCUT2D eigenvalue weighted by Crippen LogP contribution is -2.79. The lowest BCUT2D eigenvalue weighted by molar-refractivity contribution is -0.185. The summed E-state index contributed by atoms with van der Waals surface area (Å²) in [5.41, 5.74) is -0.203. The molecule has 274 valence electrons. The average Bonchev–Trinajstić information content (AvgIpc) is 3.12. The second-order valence-corrected chi connectivity index (χ2v) is 27.0. The molecule has 2 N–H and O–H groups in total. The molecule has 52 heavy (non-hydrogen) atoms. The standard InChI is InChI=1S/C45H56BrNO3Si2/c1-33-39-41(50-52(43(5,6)7,36-25-16-10-17-26-36)37-27-18-11-19-28-37)45(48)29-20-30-47-44(39,31-38(45)40(33)46)32-49-51(42(2,3)4,34-21-12-8-13-22-34)35-23-14-9-15-24-35/h8-19,21-28,38-39,41,47-48H,20,29-32H2,1-7H3. The van der Waals surface area contributed by atoms with Crippen molar-refractivity contribution in [1.82, 2.24) is 5.32 Å². The molecule has 8 rings (SSSR count). The molecule has 3 aliphatic carbocycles. The van der Waals surface area contributed by atoms with Crippen LogP contribution in [-0.4, -0.2) is 52.1 Å². The molecule has 4 aromatic carbocycles. The van der Waals surface area contributed by atoms with E-state index in [1.165, 1.54) is 26.3 Å². The third-order valence-corrected chi connectivity index (χ3v) is 23.8. The lowest BCUT2D eigenvalue weighted by Gasteiger charge is -2.65. The fourth-order valence-corrected chi connectivity index (χ4v) is 20.4. The Morgan fingerprint density at radius 2 is 1.13 bits per heavy atom. The summed E-state index contributed by atoms with van der Waals surface area (Å²) in [7, 11) is -5.89. The Hall–Kier alpha value is -2.63. The highest BCUT2D eigenvalue weighted by Crippen LogP contribution is 2.61. The van der Waals surface area contributed by atoms with Crippen LogP contribution in [0.3, 0.4) is 0 Å². The predicted molar refractivity (Wildman–Crippen MR) is 224 cm³/mol. The van der Waals surface area contributed by atoms with Crippen molar-refractivity contribution in [2.75, 3.05) is 13.2 Å². The SMILES string of the molecule is CC1=C(Br)C2CC3(CO[Si](c4ccccc4)(c4ccccc4)C(C)(C)C)NCCCC2(O)C(O[Si](c2ccccc2)(c2ccccc2)C(C)(C)C)C13. The number of halogens is 1. The van der Waals surface area contributed by atoms with E-state index in [9.17, 15) is 5.11 Å². The minimum Gasteiger partial charge on any atom is -0.406 e. The molecule has 0 aromatic heterocycles. The molecule has 7 heteroatoms. The molecule has 4 aliphatic rings. The van der Waals surface area contributed by atoms with E-state index >= 15 is 0 Å². The number of rotatable bonds is 9. The molecule has 0 radical (unpaired) electrons. The molecule has 5 unspecified atom stereocenters. The summed E-state index contributed by atoms with van der Waals surface area (Å²) in [6.07, 6.45) is 1.89. The highest BCUT2D eigenvalue weighted by atomic mass is 79.9. The fraction of sp³-hybridized carbons (Fsp3) is 0.422. The molecular weight excluding hydrogens is 739 g/mol. The zero-order valence-electron chi connectivity index (χ0n) is 32.0. The van der Waals surface area contributed by atoms with Crippen LogP contribution in [0.5, 0.6) is 0 Å². The van der Waals surface area contributed by atoms with E-state index in [-0.39, 0.29) is 21.9 Å². The second-order valence-electron chi connectivity index (χ2n) is 17.6. The van der Waals surface area contributed by atoms with Gasteiger partial charge in [-0.25, -0.2) is 0 Å². The molecule has 2 fully saturated rings. The van der Waals surface area contributed by atoms with Crippen molar-refractivity contribution in [2.24, 2.45) is 11.8 Å². The Labute approximate surface area is 322 Å². The van der Waals surface area contributed by atoms with Crippen LogP contribution in [-0.2, 0) is 8.85 Å². The van der Waals surface area contributed by atoms with Crippen molar-refractivity contribution >= 4 is 53.3 Å². The average molecular weight is 795 g/mol. The summed E-state index contributed by atoms with van der Waals surface area (Å²) in [6.45, 7) is 17.7. The van der Waals surface area contributed by atoms with Gasteiger partial charge < -0.3 is 19.3 Å².